The van der Waals surface area contributed by atoms with Crippen LogP contribution in [-0.4, -0.2) is 25.8 Å². The Kier molecular flexibility index (Phi) is 3.36. The van der Waals surface area contributed by atoms with Gasteiger partial charge in [0.2, 0.25) is 0 Å². The predicted molar refractivity (Wildman–Crippen MR) is 62.9 cm³/mol. The molecule has 0 aromatic rings. The summed E-state index contributed by atoms with van der Waals surface area (Å²) in [6.07, 6.45) is 4.18. The van der Waals surface area contributed by atoms with Gasteiger partial charge in [-0.2, -0.15) is 0 Å². The molecule has 3 unspecified atom stereocenters. The average molecular weight is 211 g/mol. The lowest BCUT2D eigenvalue weighted by atomic mass is 9.77. The summed E-state index contributed by atoms with van der Waals surface area (Å²) in [5, 5.41) is 3.76. The van der Waals surface area contributed by atoms with Crippen LogP contribution in [0, 0.1) is 17.3 Å². The Hall–Kier alpha value is -0.0800. The first kappa shape index (κ1) is 11.4. The summed E-state index contributed by atoms with van der Waals surface area (Å²) in [6.45, 7) is 10.1. The molecule has 0 aromatic carbocycles. The van der Waals surface area contributed by atoms with E-state index in [0.717, 1.165) is 37.6 Å². The molecule has 0 amide bonds. The van der Waals surface area contributed by atoms with E-state index < -0.39 is 0 Å². The van der Waals surface area contributed by atoms with Crippen molar-refractivity contribution in [3.05, 3.63) is 0 Å². The van der Waals surface area contributed by atoms with Gasteiger partial charge in [-0.05, 0) is 18.3 Å². The first-order valence-electron chi connectivity index (χ1n) is 6.42. The quantitative estimate of drug-likeness (QED) is 0.774. The standard InChI is InChI=1S/C13H25NO/c1-10-5-4-6-12(11(10)2)14-7-13(3)8-15-9-13/h10-12,14H,4-9H2,1-3H3. The highest BCUT2D eigenvalue weighted by Gasteiger charge is 2.35. The highest BCUT2D eigenvalue weighted by molar-refractivity contribution is 4.88. The Morgan fingerprint density at radius 3 is 2.60 bits per heavy atom. The molecule has 2 aliphatic rings. The van der Waals surface area contributed by atoms with E-state index in [0.29, 0.717) is 5.41 Å². The predicted octanol–water partition coefficient (Wildman–Crippen LogP) is 2.44. The fourth-order valence-electron chi connectivity index (χ4n) is 2.80. The highest BCUT2D eigenvalue weighted by atomic mass is 16.5. The number of hydrogen-bond acceptors (Lipinski definition) is 2. The molecule has 1 saturated heterocycles. The molecule has 0 aromatic heterocycles. The molecule has 0 radical (unpaired) electrons. The first-order chi connectivity index (χ1) is 7.11. The smallest absolute Gasteiger partial charge is 0.0554 e. The normalized spacial score (nSPS) is 39.8. The maximum Gasteiger partial charge on any atom is 0.0554 e. The van der Waals surface area contributed by atoms with Crippen LogP contribution in [0.1, 0.15) is 40.0 Å². The third kappa shape index (κ3) is 2.54. The summed E-state index contributed by atoms with van der Waals surface area (Å²) in [6, 6.07) is 0.742. The summed E-state index contributed by atoms with van der Waals surface area (Å²) >= 11 is 0. The highest BCUT2D eigenvalue weighted by Crippen LogP contribution is 2.31. The van der Waals surface area contributed by atoms with E-state index in [9.17, 15) is 0 Å². The zero-order chi connectivity index (χ0) is 10.9. The van der Waals surface area contributed by atoms with E-state index in [-0.39, 0.29) is 0 Å². The van der Waals surface area contributed by atoms with Gasteiger partial charge in [-0.25, -0.2) is 0 Å². The summed E-state index contributed by atoms with van der Waals surface area (Å²) in [7, 11) is 0. The van der Waals surface area contributed by atoms with Crippen molar-refractivity contribution < 1.29 is 4.74 Å². The summed E-state index contributed by atoms with van der Waals surface area (Å²) in [4.78, 5) is 0. The molecular weight excluding hydrogens is 186 g/mol. The Bertz CT molecular complexity index is 213. The Morgan fingerprint density at radius 2 is 2.00 bits per heavy atom. The van der Waals surface area contributed by atoms with E-state index in [2.05, 4.69) is 26.1 Å². The van der Waals surface area contributed by atoms with Crippen LogP contribution in [-0.2, 0) is 4.74 Å². The molecule has 1 saturated carbocycles. The van der Waals surface area contributed by atoms with Gasteiger partial charge in [0, 0.05) is 18.0 Å². The maximum absolute atomic E-state index is 5.29. The third-order valence-electron chi connectivity index (χ3n) is 4.40. The van der Waals surface area contributed by atoms with Crippen molar-refractivity contribution in [2.24, 2.45) is 17.3 Å². The Balaban J connectivity index is 1.78. The van der Waals surface area contributed by atoms with Crippen molar-refractivity contribution in [2.45, 2.75) is 46.1 Å². The van der Waals surface area contributed by atoms with Crippen LogP contribution in [0.3, 0.4) is 0 Å². The topological polar surface area (TPSA) is 21.3 Å². The van der Waals surface area contributed by atoms with Crippen LogP contribution < -0.4 is 5.32 Å². The van der Waals surface area contributed by atoms with Crippen LogP contribution >= 0.6 is 0 Å². The Morgan fingerprint density at radius 1 is 1.27 bits per heavy atom. The number of hydrogen-bond donors (Lipinski definition) is 1. The lowest BCUT2D eigenvalue weighted by Crippen LogP contribution is -2.51. The molecular formula is C13H25NO. The van der Waals surface area contributed by atoms with Crippen LogP contribution in [0.4, 0.5) is 0 Å². The van der Waals surface area contributed by atoms with Crippen LogP contribution in [0.25, 0.3) is 0 Å². The van der Waals surface area contributed by atoms with Gasteiger partial charge >= 0.3 is 0 Å². The fraction of sp³-hybridized carbons (Fsp3) is 1.00. The summed E-state index contributed by atoms with van der Waals surface area (Å²) in [5.41, 5.74) is 0.417. The largest absolute Gasteiger partial charge is 0.380 e. The van der Waals surface area contributed by atoms with Crippen LogP contribution in [0.15, 0.2) is 0 Å². The van der Waals surface area contributed by atoms with Crippen molar-refractivity contribution in [2.75, 3.05) is 19.8 Å². The molecule has 2 nitrogen and oxygen atoms in total. The SMILES string of the molecule is CC1CCCC(NCC2(C)COC2)C1C. The fourth-order valence-corrected chi connectivity index (χ4v) is 2.80. The zero-order valence-corrected chi connectivity index (χ0v) is 10.4. The van der Waals surface area contributed by atoms with E-state index in [1.54, 1.807) is 0 Å². The van der Waals surface area contributed by atoms with E-state index >= 15 is 0 Å². The molecule has 1 N–H and O–H groups in total. The monoisotopic (exact) mass is 211 g/mol. The van der Waals surface area contributed by atoms with Gasteiger partial charge in [-0.3, -0.25) is 0 Å². The van der Waals surface area contributed by atoms with Gasteiger partial charge in [0.1, 0.15) is 0 Å². The zero-order valence-electron chi connectivity index (χ0n) is 10.4. The lowest BCUT2D eigenvalue weighted by Gasteiger charge is -2.42. The van der Waals surface area contributed by atoms with Crippen molar-refractivity contribution in [3.8, 4) is 0 Å². The van der Waals surface area contributed by atoms with Crippen LogP contribution in [0.2, 0.25) is 0 Å². The molecule has 2 heteroatoms. The van der Waals surface area contributed by atoms with Gasteiger partial charge < -0.3 is 10.1 Å². The molecule has 1 aliphatic heterocycles. The van der Waals surface area contributed by atoms with E-state index in [1.807, 2.05) is 0 Å². The Labute approximate surface area is 93.8 Å². The minimum absolute atomic E-state index is 0.417. The molecule has 0 bridgehead atoms. The van der Waals surface area contributed by atoms with Crippen molar-refractivity contribution in [1.82, 2.24) is 5.32 Å². The second-order valence-corrected chi connectivity index (χ2v) is 6.06. The number of nitrogens with one attached hydrogen (secondary N) is 1. The van der Waals surface area contributed by atoms with Gasteiger partial charge in [0.05, 0.1) is 13.2 Å². The second kappa shape index (κ2) is 4.42. The van der Waals surface area contributed by atoms with Gasteiger partial charge in [-0.15, -0.1) is 0 Å². The second-order valence-electron chi connectivity index (χ2n) is 6.06. The van der Waals surface area contributed by atoms with Gasteiger partial charge in [0.15, 0.2) is 0 Å². The van der Waals surface area contributed by atoms with Crippen LogP contribution in [0.5, 0.6) is 0 Å². The molecule has 1 heterocycles. The molecule has 3 atom stereocenters. The number of ether oxygens (including phenoxy) is 1. The van der Waals surface area contributed by atoms with Gasteiger partial charge in [-0.1, -0.05) is 33.6 Å². The van der Waals surface area contributed by atoms with Gasteiger partial charge in [0.25, 0.3) is 0 Å². The average Bonchev–Trinajstić information content (AvgIpc) is 2.17. The van der Waals surface area contributed by atoms with E-state index in [4.69, 9.17) is 4.74 Å². The number of rotatable bonds is 3. The van der Waals surface area contributed by atoms with E-state index in [1.165, 1.54) is 19.3 Å². The molecule has 88 valence electrons. The lowest BCUT2D eigenvalue weighted by molar-refractivity contribution is -0.101. The first-order valence-corrected chi connectivity index (χ1v) is 6.42. The molecule has 2 rings (SSSR count). The minimum Gasteiger partial charge on any atom is -0.380 e. The molecule has 0 spiro atoms. The molecule has 1 aliphatic carbocycles. The maximum atomic E-state index is 5.29. The van der Waals surface area contributed by atoms with Crippen molar-refractivity contribution >= 4 is 0 Å². The molecule has 15 heavy (non-hydrogen) atoms. The summed E-state index contributed by atoms with van der Waals surface area (Å²) in [5.74, 6) is 1.73. The van der Waals surface area contributed by atoms with Crippen molar-refractivity contribution in [1.29, 1.82) is 0 Å². The molecule has 2 fully saturated rings. The third-order valence-corrected chi connectivity index (χ3v) is 4.40. The minimum atomic E-state index is 0.417. The summed E-state index contributed by atoms with van der Waals surface area (Å²) < 4.78 is 5.29. The van der Waals surface area contributed by atoms with Crippen molar-refractivity contribution in [3.63, 3.8) is 0 Å².